The minimum atomic E-state index is 0.890. The monoisotopic (exact) mass is 182 g/mol. The number of benzene rings is 2. The van der Waals surface area contributed by atoms with Gasteiger partial charge in [0.2, 0.25) is 0 Å². The van der Waals surface area contributed by atoms with Crippen LogP contribution in [-0.4, -0.2) is 0 Å². The van der Waals surface area contributed by atoms with E-state index in [1.54, 1.807) is 0 Å². The average Bonchev–Trinajstić information content (AvgIpc) is 2.33. The second-order valence-electron chi connectivity index (χ2n) is 2.81. The first kappa shape index (κ1) is 10.5. The highest BCUT2D eigenvalue weighted by molar-refractivity contribution is 5.14. The van der Waals surface area contributed by atoms with E-state index in [1.165, 1.54) is 5.56 Å². The van der Waals surface area contributed by atoms with Crippen molar-refractivity contribution in [3.63, 3.8) is 0 Å². The van der Waals surface area contributed by atoms with Crippen molar-refractivity contribution >= 4 is 0 Å². The predicted octanol–water partition coefficient (Wildman–Crippen LogP) is 3.55. The summed E-state index contributed by atoms with van der Waals surface area (Å²) in [6.07, 6.45) is 0.890. The Morgan fingerprint density at radius 3 is 1.71 bits per heavy atom. The summed E-state index contributed by atoms with van der Waals surface area (Å²) < 4.78 is 0. The van der Waals surface area contributed by atoms with Crippen molar-refractivity contribution in [2.24, 2.45) is 0 Å². The molecule has 0 aliphatic carbocycles. The van der Waals surface area contributed by atoms with E-state index < -0.39 is 0 Å². The number of rotatable bonds is 1. The Hall–Kier alpha value is -1.56. The van der Waals surface area contributed by atoms with Gasteiger partial charge in [0.25, 0.3) is 0 Å². The first-order chi connectivity index (χ1) is 6.93. The van der Waals surface area contributed by atoms with Crippen LogP contribution in [0.5, 0.6) is 0 Å². The molecular weight excluding hydrogens is 168 g/mol. The molecule has 0 N–H and O–H groups in total. The highest BCUT2D eigenvalue weighted by Crippen LogP contribution is 1.96. The molecule has 0 atom stereocenters. The first-order valence-corrected chi connectivity index (χ1v) is 4.67. The van der Waals surface area contributed by atoms with Gasteiger partial charge in [0.1, 0.15) is 0 Å². The molecule has 0 heterocycles. The fourth-order valence-corrected chi connectivity index (χ4v) is 0.987. The van der Waals surface area contributed by atoms with Crippen LogP contribution in [0.25, 0.3) is 0 Å². The smallest absolute Gasteiger partial charge is 0.0184 e. The molecule has 0 aliphatic heterocycles. The van der Waals surface area contributed by atoms with Gasteiger partial charge in [-0.25, -0.2) is 0 Å². The summed E-state index contributed by atoms with van der Waals surface area (Å²) in [5, 5.41) is 0. The quantitative estimate of drug-likeness (QED) is 0.632. The third kappa shape index (κ3) is 4.46. The third-order valence-corrected chi connectivity index (χ3v) is 1.74. The molecule has 2 rings (SSSR count). The summed E-state index contributed by atoms with van der Waals surface area (Å²) in [6, 6.07) is 22.7. The van der Waals surface area contributed by atoms with Gasteiger partial charge in [-0.05, 0) is 25.0 Å². The summed E-state index contributed by atoms with van der Waals surface area (Å²) in [5.41, 5.74) is 1.30. The van der Waals surface area contributed by atoms with Crippen LogP contribution >= 0.6 is 0 Å². The van der Waals surface area contributed by atoms with Crippen molar-refractivity contribution < 1.29 is 0 Å². The van der Waals surface area contributed by atoms with E-state index in [9.17, 15) is 0 Å². The molecule has 0 bridgehead atoms. The van der Waals surface area contributed by atoms with Crippen molar-refractivity contribution in [3.8, 4) is 0 Å². The molecule has 0 heteroatoms. The molecule has 70 valence electrons. The average molecular weight is 182 g/mol. The Morgan fingerprint density at radius 2 is 1.43 bits per heavy atom. The lowest BCUT2D eigenvalue weighted by Crippen LogP contribution is -1.74. The third-order valence-electron chi connectivity index (χ3n) is 1.74. The van der Waals surface area contributed by atoms with Crippen LogP contribution in [0.4, 0.5) is 0 Å². The molecule has 0 amide bonds. The van der Waals surface area contributed by atoms with E-state index in [1.807, 2.05) is 48.5 Å². The minimum Gasteiger partial charge on any atom is -0.0622 e. The normalized spacial score (nSPS) is 8.64. The van der Waals surface area contributed by atoms with Crippen LogP contribution in [-0.2, 0) is 6.42 Å². The van der Waals surface area contributed by atoms with E-state index in [0.29, 0.717) is 0 Å². The maximum atomic E-state index is 3.76. The fourth-order valence-electron chi connectivity index (χ4n) is 0.987. The zero-order valence-electron chi connectivity index (χ0n) is 8.19. The zero-order valence-corrected chi connectivity index (χ0v) is 8.19. The largest absolute Gasteiger partial charge is 0.0622 e. The second kappa shape index (κ2) is 6.90. The van der Waals surface area contributed by atoms with Crippen LogP contribution in [0.15, 0.2) is 60.7 Å². The highest BCUT2D eigenvalue weighted by atomic mass is 13.9. The Labute approximate surface area is 86.2 Å². The van der Waals surface area contributed by atoms with Crippen LogP contribution in [0, 0.1) is 13.0 Å². The summed E-state index contributed by atoms with van der Waals surface area (Å²) in [4.78, 5) is 0. The van der Waals surface area contributed by atoms with Crippen molar-refractivity contribution in [2.75, 3.05) is 0 Å². The van der Waals surface area contributed by atoms with Crippen LogP contribution in [0.2, 0.25) is 0 Å². The van der Waals surface area contributed by atoms with Gasteiger partial charge in [-0.3, -0.25) is 0 Å². The van der Waals surface area contributed by atoms with E-state index in [-0.39, 0.29) is 0 Å². The van der Waals surface area contributed by atoms with E-state index in [4.69, 9.17) is 0 Å². The van der Waals surface area contributed by atoms with Crippen LogP contribution in [0.1, 0.15) is 5.56 Å². The molecule has 0 aliphatic rings. The molecular formula is C14H14. The molecule has 0 nitrogen and oxygen atoms in total. The topological polar surface area (TPSA) is 0 Å². The van der Waals surface area contributed by atoms with Gasteiger partial charge in [-0.15, -0.1) is 0 Å². The van der Waals surface area contributed by atoms with Gasteiger partial charge in [0.05, 0.1) is 0 Å². The lowest BCUT2D eigenvalue weighted by Gasteiger charge is -1.89. The molecule has 0 saturated carbocycles. The maximum Gasteiger partial charge on any atom is -0.0184 e. The first-order valence-electron chi connectivity index (χ1n) is 4.67. The predicted molar refractivity (Wildman–Crippen MR) is 60.8 cm³/mol. The highest BCUT2D eigenvalue weighted by Gasteiger charge is 1.80. The molecule has 2 radical (unpaired) electrons. The fraction of sp³-hybridized carbons (Fsp3) is 0.0714. The summed E-state index contributed by atoms with van der Waals surface area (Å²) in [7, 11) is 0. The molecule has 14 heavy (non-hydrogen) atoms. The Bertz CT molecular complexity index is 284. The van der Waals surface area contributed by atoms with E-state index >= 15 is 0 Å². The zero-order chi connectivity index (χ0) is 10.1. The Balaban J connectivity index is 0.000000146. The van der Waals surface area contributed by atoms with E-state index in [0.717, 1.165) is 6.42 Å². The second-order valence-corrected chi connectivity index (χ2v) is 2.81. The minimum absolute atomic E-state index is 0.890. The summed E-state index contributed by atoms with van der Waals surface area (Å²) in [5.74, 6) is 0. The van der Waals surface area contributed by atoms with Gasteiger partial charge in [0, 0.05) is 0 Å². The molecule has 2 aromatic carbocycles. The standard InChI is InChI=1S/C8H9.C6H5/c1-2-8-6-4-3-5-7-8;1-2-4-6-5-3-1/h3-7H,1-2H2;1-5H. The lowest BCUT2D eigenvalue weighted by molar-refractivity contribution is 1.27. The number of hydrogen-bond acceptors (Lipinski definition) is 0. The Morgan fingerprint density at radius 1 is 0.857 bits per heavy atom. The molecule has 0 fully saturated rings. The van der Waals surface area contributed by atoms with E-state index in [2.05, 4.69) is 25.1 Å². The van der Waals surface area contributed by atoms with Gasteiger partial charge in [-0.1, -0.05) is 60.7 Å². The van der Waals surface area contributed by atoms with Crippen LogP contribution < -0.4 is 0 Å². The SMILES string of the molecule is [CH2]Cc1ccccc1.[c]1ccccc1. The Kier molecular flexibility index (Phi) is 5.19. The molecule has 2 aromatic rings. The molecule has 0 aromatic heterocycles. The van der Waals surface area contributed by atoms with Gasteiger partial charge >= 0.3 is 0 Å². The molecule has 0 saturated heterocycles. The molecule has 0 unspecified atom stereocenters. The summed E-state index contributed by atoms with van der Waals surface area (Å²) >= 11 is 0. The number of hydrogen-bond donors (Lipinski definition) is 0. The van der Waals surface area contributed by atoms with Gasteiger partial charge in [-0.2, -0.15) is 0 Å². The van der Waals surface area contributed by atoms with Crippen molar-refractivity contribution in [1.82, 2.24) is 0 Å². The van der Waals surface area contributed by atoms with Gasteiger partial charge < -0.3 is 0 Å². The maximum absolute atomic E-state index is 3.76. The van der Waals surface area contributed by atoms with Crippen molar-refractivity contribution in [2.45, 2.75) is 6.42 Å². The van der Waals surface area contributed by atoms with Gasteiger partial charge in [0.15, 0.2) is 0 Å². The van der Waals surface area contributed by atoms with Crippen molar-refractivity contribution in [1.29, 1.82) is 0 Å². The summed E-state index contributed by atoms with van der Waals surface area (Å²) in [6.45, 7) is 3.76. The van der Waals surface area contributed by atoms with Crippen LogP contribution in [0.3, 0.4) is 0 Å². The van der Waals surface area contributed by atoms with Crippen molar-refractivity contribution in [3.05, 3.63) is 79.2 Å². The lowest BCUT2D eigenvalue weighted by atomic mass is 10.2. The molecule has 0 spiro atoms.